The predicted molar refractivity (Wildman–Crippen MR) is 75.0 cm³/mol. The van der Waals surface area contributed by atoms with Crippen LogP contribution in [0.25, 0.3) is 0 Å². The van der Waals surface area contributed by atoms with Gasteiger partial charge in [-0.05, 0) is 24.3 Å². The van der Waals surface area contributed by atoms with Gasteiger partial charge < -0.3 is 10.8 Å². The molecule has 1 heterocycles. The molecular formula is C15H21N3O. The lowest BCUT2D eigenvalue weighted by Crippen LogP contribution is -2.26. The van der Waals surface area contributed by atoms with Gasteiger partial charge in [0, 0.05) is 31.1 Å². The summed E-state index contributed by atoms with van der Waals surface area (Å²) in [7, 11) is 0. The minimum atomic E-state index is -0.113. The second-order valence-corrected chi connectivity index (χ2v) is 5.83. The number of likely N-dealkylation sites (tertiary alicyclic amines) is 1. The molecule has 3 rings (SSSR count). The van der Waals surface area contributed by atoms with E-state index in [1.165, 1.54) is 0 Å². The van der Waals surface area contributed by atoms with Gasteiger partial charge in [0.25, 0.3) is 0 Å². The Morgan fingerprint density at radius 1 is 1.32 bits per heavy atom. The van der Waals surface area contributed by atoms with Crippen molar-refractivity contribution in [1.82, 2.24) is 4.90 Å². The number of nitrogen functional groups attached to an aromatic ring is 1. The second-order valence-electron chi connectivity index (χ2n) is 5.83. The molecule has 0 radical (unpaired) electrons. The number of hydrogen-bond acceptors (Lipinski definition) is 3. The van der Waals surface area contributed by atoms with E-state index < -0.39 is 0 Å². The number of rotatable bonds is 3. The number of hydrogen-bond donors (Lipinski definition) is 3. The van der Waals surface area contributed by atoms with Gasteiger partial charge in [0.1, 0.15) is 5.84 Å². The summed E-state index contributed by atoms with van der Waals surface area (Å²) in [5.41, 5.74) is 7.58. The molecule has 0 spiro atoms. The van der Waals surface area contributed by atoms with Gasteiger partial charge in [-0.15, -0.1) is 0 Å². The average molecular weight is 259 g/mol. The van der Waals surface area contributed by atoms with Gasteiger partial charge in [-0.1, -0.05) is 24.3 Å². The molecule has 0 aromatic heterocycles. The topological polar surface area (TPSA) is 73.3 Å². The smallest absolute Gasteiger partial charge is 0.123 e. The quantitative estimate of drug-likeness (QED) is 0.563. The van der Waals surface area contributed by atoms with Crippen LogP contribution in [0.4, 0.5) is 0 Å². The molecule has 1 aliphatic carbocycles. The van der Waals surface area contributed by atoms with Gasteiger partial charge in [0.05, 0.1) is 6.10 Å². The van der Waals surface area contributed by atoms with E-state index in [4.69, 9.17) is 11.1 Å². The van der Waals surface area contributed by atoms with Crippen molar-refractivity contribution < 1.29 is 5.11 Å². The molecular weight excluding hydrogens is 238 g/mol. The van der Waals surface area contributed by atoms with E-state index in [0.29, 0.717) is 11.8 Å². The van der Waals surface area contributed by atoms with Crippen molar-refractivity contribution in [2.24, 2.45) is 17.6 Å². The first-order chi connectivity index (χ1) is 9.15. The number of benzene rings is 1. The molecule has 4 nitrogen and oxygen atoms in total. The van der Waals surface area contributed by atoms with Gasteiger partial charge in [-0.2, -0.15) is 0 Å². The number of aliphatic hydroxyl groups excluding tert-OH is 1. The van der Waals surface area contributed by atoms with E-state index in [-0.39, 0.29) is 11.9 Å². The first-order valence-electron chi connectivity index (χ1n) is 6.98. The van der Waals surface area contributed by atoms with Gasteiger partial charge in [-0.3, -0.25) is 10.3 Å². The summed E-state index contributed by atoms with van der Waals surface area (Å²) in [4.78, 5) is 2.39. The highest BCUT2D eigenvalue weighted by Gasteiger charge is 2.41. The molecule has 3 atom stereocenters. The number of nitrogens with two attached hydrogens (primary N) is 1. The van der Waals surface area contributed by atoms with Crippen molar-refractivity contribution in [3.63, 3.8) is 0 Å². The molecule has 19 heavy (non-hydrogen) atoms. The molecule has 0 amide bonds. The van der Waals surface area contributed by atoms with Crippen molar-refractivity contribution >= 4 is 5.84 Å². The Bertz CT molecular complexity index is 488. The van der Waals surface area contributed by atoms with E-state index in [0.717, 1.165) is 43.6 Å². The fourth-order valence-electron chi connectivity index (χ4n) is 3.62. The maximum atomic E-state index is 9.95. The zero-order valence-corrected chi connectivity index (χ0v) is 11.0. The molecule has 1 saturated carbocycles. The van der Waals surface area contributed by atoms with Crippen LogP contribution in [0.1, 0.15) is 24.0 Å². The summed E-state index contributed by atoms with van der Waals surface area (Å²) in [5, 5.41) is 17.6. The summed E-state index contributed by atoms with van der Waals surface area (Å²) in [5.74, 6) is 1.24. The Balaban J connectivity index is 1.72. The van der Waals surface area contributed by atoms with Crippen molar-refractivity contribution in [1.29, 1.82) is 5.41 Å². The van der Waals surface area contributed by atoms with Crippen LogP contribution in [0.5, 0.6) is 0 Å². The van der Waals surface area contributed by atoms with Crippen molar-refractivity contribution in [2.75, 3.05) is 13.1 Å². The number of amidine groups is 1. The molecule has 0 bridgehead atoms. The Labute approximate surface area is 113 Å². The lowest BCUT2D eigenvalue weighted by molar-refractivity contribution is 0.123. The van der Waals surface area contributed by atoms with Crippen LogP contribution in [-0.4, -0.2) is 35.0 Å². The van der Waals surface area contributed by atoms with Gasteiger partial charge in [0.2, 0.25) is 0 Å². The summed E-state index contributed by atoms with van der Waals surface area (Å²) >= 11 is 0. The first kappa shape index (κ1) is 12.6. The highest BCUT2D eigenvalue weighted by molar-refractivity contribution is 5.96. The zero-order valence-electron chi connectivity index (χ0n) is 11.0. The molecule has 1 aromatic carbocycles. The third kappa shape index (κ3) is 2.38. The molecule has 3 unspecified atom stereocenters. The third-order valence-corrected chi connectivity index (χ3v) is 4.60. The first-order valence-corrected chi connectivity index (χ1v) is 6.98. The van der Waals surface area contributed by atoms with Crippen molar-refractivity contribution in [3.8, 4) is 0 Å². The molecule has 1 aliphatic heterocycles. The molecule has 102 valence electrons. The second kappa shape index (κ2) is 4.94. The van der Waals surface area contributed by atoms with E-state index in [2.05, 4.69) is 4.90 Å². The summed E-state index contributed by atoms with van der Waals surface area (Å²) < 4.78 is 0. The third-order valence-electron chi connectivity index (χ3n) is 4.60. The molecule has 2 fully saturated rings. The number of aliphatic hydroxyl groups is 1. The standard InChI is InChI=1S/C15H21N3O/c16-15(17)12-4-2-1-3-10(12)7-18-8-11-5-6-14(19)13(11)9-18/h1-4,11,13-14,19H,5-9H2,(H3,16,17). The van der Waals surface area contributed by atoms with Gasteiger partial charge >= 0.3 is 0 Å². The monoisotopic (exact) mass is 259 g/mol. The maximum Gasteiger partial charge on any atom is 0.123 e. The van der Waals surface area contributed by atoms with E-state index >= 15 is 0 Å². The minimum Gasteiger partial charge on any atom is -0.393 e. The number of nitrogens with one attached hydrogen (secondary N) is 1. The zero-order chi connectivity index (χ0) is 13.4. The Morgan fingerprint density at radius 2 is 2.11 bits per heavy atom. The SMILES string of the molecule is N=C(N)c1ccccc1CN1CC2CCC(O)C2C1. The fraction of sp³-hybridized carbons (Fsp3) is 0.533. The average Bonchev–Trinajstić information content (AvgIpc) is 2.92. The van der Waals surface area contributed by atoms with Crippen LogP contribution < -0.4 is 5.73 Å². The van der Waals surface area contributed by atoms with E-state index in [1.54, 1.807) is 0 Å². The fourth-order valence-corrected chi connectivity index (χ4v) is 3.62. The highest BCUT2D eigenvalue weighted by atomic mass is 16.3. The maximum absolute atomic E-state index is 9.95. The summed E-state index contributed by atoms with van der Waals surface area (Å²) in [6.45, 7) is 2.86. The van der Waals surface area contributed by atoms with Crippen LogP contribution in [-0.2, 0) is 6.54 Å². The van der Waals surface area contributed by atoms with E-state index in [9.17, 15) is 5.11 Å². The minimum absolute atomic E-state index is 0.113. The largest absolute Gasteiger partial charge is 0.393 e. The normalized spacial score (nSPS) is 30.5. The van der Waals surface area contributed by atoms with Crippen LogP contribution >= 0.6 is 0 Å². The highest BCUT2D eigenvalue weighted by Crippen LogP contribution is 2.38. The van der Waals surface area contributed by atoms with Crippen LogP contribution in [0.15, 0.2) is 24.3 Å². The molecule has 1 aromatic rings. The molecule has 1 saturated heterocycles. The van der Waals surface area contributed by atoms with E-state index in [1.807, 2.05) is 24.3 Å². The number of nitrogens with zero attached hydrogens (tertiary/aromatic N) is 1. The van der Waals surface area contributed by atoms with Crippen molar-refractivity contribution in [3.05, 3.63) is 35.4 Å². The molecule has 4 N–H and O–H groups in total. The van der Waals surface area contributed by atoms with Crippen molar-refractivity contribution in [2.45, 2.75) is 25.5 Å². The lowest BCUT2D eigenvalue weighted by atomic mass is 10.00. The Kier molecular flexibility index (Phi) is 3.29. The molecule has 4 heteroatoms. The van der Waals surface area contributed by atoms with Gasteiger partial charge in [-0.25, -0.2) is 0 Å². The lowest BCUT2D eigenvalue weighted by Gasteiger charge is -2.19. The van der Waals surface area contributed by atoms with Gasteiger partial charge in [0.15, 0.2) is 0 Å². The van der Waals surface area contributed by atoms with Crippen LogP contribution in [0, 0.1) is 17.2 Å². The molecule has 2 aliphatic rings. The summed E-state index contributed by atoms with van der Waals surface area (Å²) in [6.07, 6.45) is 2.00. The van der Waals surface area contributed by atoms with Crippen LogP contribution in [0.3, 0.4) is 0 Å². The van der Waals surface area contributed by atoms with Crippen LogP contribution in [0.2, 0.25) is 0 Å². The Hall–Kier alpha value is -1.39. The Morgan fingerprint density at radius 3 is 2.84 bits per heavy atom. The number of fused-ring (bicyclic) bond motifs is 1. The predicted octanol–water partition coefficient (Wildman–Crippen LogP) is 1.17. The summed E-state index contributed by atoms with van der Waals surface area (Å²) in [6, 6.07) is 7.86.